The quantitative estimate of drug-likeness (QED) is 0.841. The Labute approximate surface area is 145 Å². The van der Waals surface area contributed by atoms with E-state index >= 15 is 0 Å². The number of hydrogen-bond donors (Lipinski definition) is 1. The van der Waals surface area contributed by atoms with Gasteiger partial charge in [0.15, 0.2) is 0 Å². The molecule has 0 spiro atoms. The molecule has 2 aliphatic rings. The SMILES string of the molecule is COCCn1nc(C(=O)N2C(C(=O)O)CC3CCCCC32)ccc1=O. The first kappa shape index (κ1) is 17.6. The van der Waals surface area contributed by atoms with E-state index in [1.165, 1.54) is 28.8 Å². The van der Waals surface area contributed by atoms with Crippen LogP contribution < -0.4 is 5.56 Å². The Balaban J connectivity index is 1.89. The van der Waals surface area contributed by atoms with Crippen molar-refractivity contribution in [2.24, 2.45) is 5.92 Å². The van der Waals surface area contributed by atoms with E-state index in [-0.39, 0.29) is 29.8 Å². The zero-order valence-corrected chi connectivity index (χ0v) is 14.3. The summed E-state index contributed by atoms with van der Waals surface area (Å²) < 4.78 is 6.13. The van der Waals surface area contributed by atoms with E-state index in [0.29, 0.717) is 13.0 Å². The van der Waals surface area contributed by atoms with E-state index in [2.05, 4.69) is 5.10 Å². The van der Waals surface area contributed by atoms with E-state index in [0.717, 1.165) is 25.7 Å². The van der Waals surface area contributed by atoms with Crippen molar-refractivity contribution in [3.8, 4) is 0 Å². The van der Waals surface area contributed by atoms with Crippen molar-refractivity contribution in [1.82, 2.24) is 14.7 Å². The van der Waals surface area contributed by atoms with Crippen LogP contribution in [0.3, 0.4) is 0 Å². The van der Waals surface area contributed by atoms with Gasteiger partial charge in [0.25, 0.3) is 11.5 Å². The highest BCUT2D eigenvalue weighted by molar-refractivity contribution is 5.95. The van der Waals surface area contributed by atoms with Gasteiger partial charge in [-0.15, -0.1) is 0 Å². The van der Waals surface area contributed by atoms with Crippen molar-refractivity contribution in [2.75, 3.05) is 13.7 Å². The number of carbonyl (C=O) groups is 2. The number of carboxylic acids is 1. The summed E-state index contributed by atoms with van der Waals surface area (Å²) in [6, 6.07) is 1.80. The van der Waals surface area contributed by atoms with Gasteiger partial charge >= 0.3 is 5.97 Å². The molecule has 1 N–H and O–H groups in total. The first-order valence-electron chi connectivity index (χ1n) is 8.65. The van der Waals surface area contributed by atoms with Gasteiger partial charge in [0, 0.05) is 19.2 Å². The third-order valence-electron chi connectivity index (χ3n) is 5.20. The van der Waals surface area contributed by atoms with Crippen molar-refractivity contribution < 1.29 is 19.4 Å². The first-order chi connectivity index (χ1) is 12.0. The van der Waals surface area contributed by atoms with Crippen LogP contribution >= 0.6 is 0 Å². The average Bonchev–Trinajstić information content (AvgIpc) is 3.00. The van der Waals surface area contributed by atoms with Crippen molar-refractivity contribution in [3.05, 3.63) is 28.2 Å². The highest BCUT2D eigenvalue weighted by Crippen LogP contribution is 2.40. The van der Waals surface area contributed by atoms with Gasteiger partial charge in [-0.3, -0.25) is 9.59 Å². The molecule has 1 saturated carbocycles. The Morgan fingerprint density at radius 2 is 2.08 bits per heavy atom. The standard InChI is InChI=1S/C17H23N3O5/c1-25-9-8-19-15(21)7-6-12(18-19)16(22)20-13-5-3-2-4-11(13)10-14(20)17(23)24/h6-7,11,13-14H,2-5,8-10H2,1H3,(H,23,24). The molecule has 2 fully saturated rings. The second-order valence-corrected chi connectivity index (χ2v) is 6.69. The van der Waals surface area contributed by atoms with Gasteiger partial charge in [0.1, 0.15) is 11.7 Å². The zero-order chi connectivity index (χ0) is 18.0. The van der Waals surface area contributed by atoms with E-state index in [1.54, 1.807) is 0 Å². The van der Waals surface area contributed by atoms with Crippen LogP contribution in [0.1, 0.15) is 42.6 Å². The first-order valence-corrected chi connectivity index (χ1v) is 8.65. The molecule has 25 heavy (non-hydrogen) atoms. The molecule has 1 amide bonds. The Morgan fingerprint density at radius 1 is 1.32 bits per heavy atom. The van der Waals surface area contributed by atoms with Crippen molar-refractivity contribution in [2.45, 2.75) is 50.7 Å². The Morgan fingerprint density at radius 3 is 2.80 bits per heavy atom. The lowest BCUT2D eigenvalue weighted by atomic mass is 9.84. The Bertz CT molecular complexity index is 716. The third kappa shape index (κ3) is 3.44. The van der Waals surface area contributed by atoms with E-state index in [9.17, 15) is 19.5 Å². The number of methoxy groups -OCH3 is 1. The van der Waals surface area contributed by atoms with Crippen LogP contribution in [-0.2, 0) is 16.1 Å². The van der Waals surface area contributed by atoms with Gasteiger partial charge in [-0.1, -0.05) is 12.8 Å². The maximum atomic E-state index is 13.0. The van der Waals surface area contributed by atoms with E-state index in [1.807, 2.05) is 0 Å². The number of carbonyl (C=O) groups excluding carboxylic acids is 1. The van der Waals surface area contributed by atoms with Crippen LogP contribution in [0.25, 0.3) is 0 Å². The molecule has 1 saturated heterocycles. The molecule has 0 bridgehead atoms. The Hall–Kier alpha value is -2.22. The molecule has 3 unspecified atom stereocenters. The summed E-state index contributed by atoms with van der Waals surface area (Å²) in [7, 11) is 1.52. The number of amides is 1. The van der Waals surface area contributed by atoms with Crippen LogP contribution in [-0.4, -0.2) is 57.5 Å². The fraction of sp³-hybridized carbons (Fsp3) is 0.647. The summed E-state index contributed by atoms with van der Waals surface area (Å²) in [4.78, 5) is 38.0. The molecule has 0 radical (unpaired) electrons. The van der Waals surface area contributed by atoms with Gasteiger partial charge in [-0.2, -0.15) is 5.10 Å². The minimum absolute atomic E-state index is 0.0523. The van der Waals surface area contributed by atoms with Gasteiger partial charge in [0.2, 0.25) is 0 Å². The molecule has 3 rings (SSSR count). The number of ether oxygens (including phenoxy) is 1. The van der Waals surface area contributed by atoms with Gasteiger partial charge in [-0.25, -0.2) is 9.48 Å². The molecule has 136 valence electrons. The van der Waals surface area contributed by atoms with Gasteiger partial charge < -0.3 is 14.7 Å². The number of aliphatic carboxylic acids is 1. The topological polar surface area (TPSA) is 102 Å². The third-order valence-corrected chi connectivity index (χ3v) is 5.20. The van der Waals surface area contributed by atoms with Gasteiger partial charge in [-0.05, 0) is 31.2 Å². The van der Waals surface area contributed by atoms with Gasteiger partial charge in [0.05, 0.1) is 13.2 Å². The molecular formula is C17H23N3O5. The summed E-state index contributed by atoms with van der Waals surface area (Å²) >= 11 is 0. The maximum Gasteiger partial charge on any atom is 0.326 e. The second-order valence-electron chi connectivity index (χ2n) is 6.69. The predicted molar refractivity (Wildman–Crippen MR) is 88.3 cm³/mol. The van der Waals surface area contributed by atoms with Crippen LogP contribution in [0.5, 0.6) is 0 Å². The number of fused-ring (bicyclic) bond motifs is 1. The molecule has 1 aliphatic carbocycles. The zero-order valence-electron chi connectivity index (χ0n) is 14.3. The van der Waals surface area contributed by atoms with E-state index < -0.39 is 17.9 Å². The smallest absolute Gasteiger partial charge is 0.326 e. The number of likely N-dealkylation sites (tertiary alicyclic amines) is 1. The maximum absolute atomic E-state index is 13.0. The number of hydrogen-bond acceptors (Lipinski definition) is 5. The summed E-state index contributed by atoms with van der Waals surface area (Å²) in [5, 5.41) is 13.7. The van der Waals surface area contributed by atoms with E-state index in [4.69, 9.17) is 4.74 Å². The summed E-state index contributed by atoms with van der Waals surface area (Å²) in [5.74, 6) is -1.15. The number of rotatable bonds is 5. The lowest BCUT2D eigenvalue weighted by Gasteiger charge is -2.32. The molecule has 8 nitrogen and oxygen atoms in total. The molecule has 0 aromatic carbocycles. The van der Waals surface area contributed by atoms with Crippen molar-refractivity contribution in [1.29, 1.82) is 0 Å². The largest absolute Gasteiger partial charge is 0.480 e. The lowest BCUT2D eigenvalue weighted by molar-refractivity contribution is -0.141. The number of carboxylic acid groups (broad SMARTS) is 1. The molecule has 1 aromatic heterocycles. The minimum Gasteiger partial charge on any atom is -0.480 e. The molecule has 2 heterocycles. The summed E-state index contributed by atoms with van der Waals surface area (Å²) in [5.41, 5.74) is -0.214. The monoisotopic (exact) mass is 349 g/mol. The number of nitrogens with zero attached hydrogens (tertiary/aromatic N) is 3. The molecule has 1 aromatic rings. The average molecular weight is 349 g/mol. The van der Waals surface area contributed by atoms with Crippen LogP contribution in [0.2, 0.25) is 0 Å². The summed E-state index contributed by atoms with van der Waals surface area (Å²) in [6.45, 7) is 0.543. The molecule has 3 atom stereocenters. The molecular weight excluding hydrogens is 326 g/mol. The lowest BCUT2D eigenvalue weighted by Crippen LogP contribution is -2.47. The van der Waals surface area contributed by atoms with Crippen LogP contribution in [0.4, 0.5) is 0 Å². The van der Waals surface area contributed by atoms with Crippen molar-refractivity contribution in [3.63, 3.8) is 0 Å². The highest BCUT2D eigenvalue weighted by Gasteiger charge is 2.48. The normalized spacial score (nSPS) is 25.6. The number of aromatic nitrogens is 2. The van der Waals surface area contributed by atoms with Crippen LogP contribution in [0, 0.1) is 5.92 Å². The molecule has 1 aliphatic heterocycles. The Kier molecular flexibility index (Phi) is 5.17. The fourth-order valence-electron chi connectivity index (χ4n) is 4.01. The fourth-order valence-corrected chi connectivity index (χ4v) is 4.01. The predicted octanol–water partition coefficient (Wildman–Crippen LogP) is 0.748. The minimum atomic E-state index is -0.976. The second kappa shape index (κ2) is 7.35. The van der Waals surface area contributed by atoms with Crippen LogP contribution in [0.15, 0.2) is 16.9 Å². The van der Waals surface area contributed by atoms with Crippen molar-refractivity contribution >= 4 is 11.9 Å². The summed E-state index contributed by atoms with van der Waals surface area (Å²) in [6.07, 6.45) is 4.35. The molecule has 8 heteroatoms. The highest BCUT2D eigenvalue weighted by atomic mass is 16.5.